The van der Waals surface area contributed by atoms with Gasteiger partial charge in [-0.05, 0) is 19.1 Å². The Morgan fingerprint density at radius 2 is 2.17 bits per heavy atom. The van der Waals surface area contributed by atoms with Crippen LogP contribution in [-0.2, 0) is 0 Å². The smallest absolute Gasteiger partial charge is 0.0686 e. The molecule has 1 aliphatic heterocycles. The van der Waals surface area contributed by atoms with E-state index in [0.717, 1.165) is 12.4 Å². The molecule has 2 nitrogen and oxygen atoms in total. The van der Waals surface area contributed by atoms with Gasteiger partial charge in [-0.3, -0.25) is 0 Å². The molecule has 1 heterocycles. The van der Waals surface area contributed by atoms with Crippen LogP contribution in [0.2, 0.25) is 0 Å². The van der Waals surface area contributed by atoms with E-state index >= 15 is 0 Å². The number of fused-ring (bicyclic) bond motifs is 1. The maximum absolute atomic E-state index is 2.39. The second-order valence-corrected chi connectivity index (χ2v) is 3.58. The Bertz CT molecular complexity index is 262. The van der Waals surface area contributed by atoms with Crippen LogP contribution in [0, 0.1) is 0 Å². The zero-order valence-electron chi connectivity index (χ0n) is 7.29. The van der Waals surface area contributed by atoms with Gasteiger partial charge in [-0.25, -0.2) is 0 Å². The first-order chi connectivity index (χ1) is 5.42. The van der Waals surface area contributed by atoms with E-state index in [1.807, 2.05) is 11.8 Å². The topological polar surface area (TPSA) is 38.2 Å². The fraction of sp³-hybridized carbons (Fsp3) is 0.333. The molecule has 1 aliphatic rings. The van der Waals surface area contributed by atoms with Crippen molar-refractivity contribution in [2.45, 2.75) is 11.8 Å². The number of para-hydroxylation sites is 1. The fourth-order valence-electron chi connectivity index (χ4n) is 1.32. The van der Waals surface area contributed by atoms with Gasteiger partial charge in [0.05, 0.1) is 11.6 Å². The first kappa shape index (κ1) is 9.42. The lowest BCUT2D eigenvalue weighted by atomic mass is 10.3. The lowest BCUT2D eigenvalue weighted by Gasteiger charge is -2.14. The van der Waals surface area contributed by atoms with Crippen LogP contribution >= 0.6 is 11.8 Å². The third-order valence-corrected chi connectivity index (χ3v) is 3.06. The van der Waals surface area contributed by atoms with Crippen LogP contribution in [0.4, 0.5) is 5.69 Å². The highest BCUT2D eigenvalue weighted by atomic mass is 32.2. The maximum atomic E-state index is 2.39. The standard InChI is InChI=1S/C9H11NS.H3N/c1-2-10-7-11-9-6-4-3-5-8(9)10;/h3-6H,2,7H2,1H3;1H3. The number of anilines is 1. The van der Waals surface area contributed by atoms with Gasteiger partial charge in [0.2, 0.25) is 0 Å². The number of benzene rings is 1. The van der Waals surface area contributed by atoms with Crippen molar-refractivity contribution >= 4 is 17.4 Å². The Hall–Kier alpha value is -0.670. The molecule has 66 valence electrons. The van der Waals surface area contributed by atoms with E-state index in [0.29, 0.717) is 0 Å². The summed E-state index contributed by atoms with van der Waals surface area (Å²) in [6.07, 6.45) is 0. The molecule has 0 radical (unpaired) electrons. The highest BCUT2D eigenvalue weighted by Crippen LogP contribution is 2.37. The van der Waals surface area contributed by atoms with Crippen LogP contribution in [0.5, 0.6) is 0 Å². The molecule has 1 aromatic carbocycles. The van der Waals surface area contributed by atoms with Crippen LogP contribution in [0.3, 0.4) is 0 Å². The van der Waals surface area contributed by atoms with Gasteiger partial charge in [0.1, 0.15) is 0 Å². The lowest BCUT2D eigenvalue weighted by molar-refractivity contribution is 0.951. The molecule has 2 rings (SSSR count). The summed E-state index contributed by atoms with van der Waals surface area (Å²) in [6, 6.07) is 8.59. The van der Waals surface area contributed by atoms with Crippen molar-refractivity contribution in [1.82, 2.24) is 6.15 Å². The number of thioether (sulfide) groups is 1. The largest absolute Gasteiger partial charge is 0.361 e. The van der Waals surface area contributed by atoms with E-state index in [2.05, 4.69) is 36.1 Å². The minimum atomic E-state index is 0. The van der Waals surface area contributed by atoms with Crippen LogP contribution in [0.25, 0.3) is 0 Å². The second kappa shape index (κ2) is 3.83. The third kappa shape index (κ3) is 1.42. The molecule has 0 aromatic heterocycles. The summed E-state index contributed by atoms with van der Waals surface area (Å²) in [5.74, 6) is 1.12. The SMILES string of the molecule is CCN1CSc2ccccc21.N. The molecule has 0 saturated heterocycles. The van der Waals surface area contributed by atoms with Crippen LogP contribution in [0.15, 0.2) is 29.2 Å². The Balaban J connectivity index is 0.000000720. The third-order valence-electron chi connectivity index (χ3n) is 1.96. The minimum absolute atomic E-state index is 0. The summed E-state index contributed by atoms with van der Waals surface area (Å²) in [5.41, 5.74) is 1.40. The Kier molecular flexibility index (Phi) is 3.00. The van der Waals surface area contributed by atoms with E-state index in [1.165, 1.54) is 10.6 Å². The molecular formula is C9H14N2S. The average Bonchev–Trinajstić information content (AvgIpc) is 2.47. The van der Waals surface area contributed by atoms with E-state index in [4.69, 9.17) is 0 Å². The van der Waals surface area contributed by atoms with E-state index in [1.54, 1.807) is 0 Å². The molecule has 0 unspecified atom stereocenters. The van der Waals surface area contributed by atoms with E-state index < -0.39 is 0 Å². The molecule has 1 aromatic rings. The summed E-state index contributed by atoms with van der Waals surface area (Å²) >= 11 is 1.93. The van der Waals surface area contributed by atoms with Gasteiger partial charge in [0, 0.05) is 11.4 Å². The van der Waals surface area contributed by atoms with Gasteiger partial charge in [-0.15, -0.1) is 11.8 Å². The second-order valence-electron chi connectivity index (χ2n) is 2.60. The molecule has 3 heteroatoms. The van der Waals surface area contributed by atoms with Crippen molar-refractivity contribution in [2.75, 3.05) is 17.3 Å². The minimum Gasteiger partial charge on any atom is -0.361 e. The molecule has 0 fully saturated rings. The number of rotatable bonds is 1. The zero-order valence-corrected chi connectivity index (χ0v) is 8.10. The van der Waals surface area contributed by atoms with Crippen LogP contribution in [0.1, 0.15) is 6.92 Å². The number of nitrogens with zero attached hydrogens (tertiary/aromatic N) is 1. The predicted octanol–water partition coefficient (Wildman–Crippen LogP) is 2.74. The summed E-state index contributed by atoms with van der Waals surface area (Å²) in [5, 5.41) is 0. The van der Waals surface area contributed by atoms with Gasteiger partial charge in [0.25, 0.3) is 0 Å². The fourth-order valence-corrected chi connectivity index (χ4v) is 2.46. The Morgan fingerprint density at radius 3 is 2.92 bits per heavy atom. The molecule has 3 N–H and O–H groups in total. The van der Waals surface area contributed by atoms with E-state index in [9.17, 15) is 0 Å². The average molecular weight is 182 g/mol. The van der Waals surface area contributed by atoms with Gasteiger partial charge in [-0.2, -0.15) is 0 Å². The van der Waals surface area contributed by atoms with Crippen molar-refractivity contribution in [2.24, 2.45) is 0 Å². The van der Waals surface area contributed by atoms with Gasteiger partial charge in [0.15, 0.2) is 0 Å². The van der Waals surface area contributed by atoms with Crippen molar-refractivity contribution < 1.29 is 0 Å². The molecule has 0 amide bonds. The molecule has 0 atom stereocenters. The monoisotopic (exact) mass is 182 g/mol. The van der Waals surface area contributed by atoms with Crippen LogP contribution in [-0.4, -0.2) is 12.4 Å². The Morgan fingerprint density at radius 1 is 1.42 bits per heavy atom. The zero-order chi connectivity index (χ0) is 7.68. The van der Waals surface area contributed by atoms with Crippen molar-refractivity contribution in [1.29, 1.82) is 0 Å². The number of hydrogen-bond donors (Lipinski definition) is 1. The molecule has 0 bridgehead atoms. The highest BCUT2D eigenvalue weighted by molar-refractivity contribution is 7.99. The summed E-state index contributed by atoms with van der Waals surface area (Å²) < 4.78 is 0. The van der Waals surface area contributed by atoms with E-state index in [-0.39, 0.29) is 6.15 Å². The summed E-state index contributed by atoms with van der Waals surface area (Å²) in [6.45, 7) is 3.31. The molecule has 0 saturated carbocycles. The summed E-state index contributed by atoms with van der Waals surface area (Å²) in [4.78, 5) is 3.81. The molecule has 0 aliphatic carbocycles. The lowest BCUT2D eigenvalue weighted by Crippen LogP contribution is -2.17. The van der Waals surface area contributed by atoms with Crippen molar-refractivity contribution in [3.63, 3.8) is 0 Å². The maximum Gasteiger partial charge on any atom is 0.0686 e. The quantitative estimate of drug-likeness (QED) is 0.725. The first-order valence-corrected chi connectivity index (χ1v) is 4.87. The molecule has 0 spiro atoms. The van der Waals surface area contributed by atoms with Gasteiger partial charge in [-0.1, -0.05) is 12.1 Å². The van der Waals surface area contributed by atoms with Gasteiger partial charge < -0.3 is 11.1 Å². The normalized spacial score (nSPS) is 13.9. The predicted molar refractivity (Wildman–Crippen MR) is 55.2 cm³/mol. The van der Waals surface area contributed by atoms with Crippen LogP contribution < -0.4 is 11.1 Å². The van der Waals surface area contributed by atoms with Crippen molar-refractivity contribution in [3.05, 3.63) is 24.3 Å². The Labute approximate surface area is 77.5 Å². The first-order valence-electron chi connectivity index (χ1n) is 3.88. The number of hydrogen-bond acceptors (Lipinski definition) is 3. The summed E-state index contributed by atoms with van der Waals surface area (Å²) in [7, 11) is 0. The van der Waals surface area contributed by atoms with Gasteiger partial charge >= 0.3 is 0 Å². The molecular weight excluding hydrogens is 168 g/mol. The van der Waals surface area contributed by atoms with Crippen molar-refractivity contribution in [3.8, 4) is 0 Å². The highest BCUT2D eigenvalue weighted by Gasteiger charge is 2.16. The molecule has 12 heavy (non-hydrogen) atoms.